The Labute approximate surface area is 162 Å². The van der Waals surface area contributed by atoms with Gasteiger partial charge in [-0.15, -0.1) is 10.2 Å². The second-order valence-electron chi connectivity index (χ2n) is 6.18. The van der Waals surface area contributed by atoms with Crippen molar-refractivity contribution in [1.29, 1.82) is 0 Å². The summed E-state index contributed by atoms with van der Waals surface area (Å²) in [6.07, 6.45) is 1.73. The molecule has 0 radical (unpaired) electrons. The maximum Gasteiger partial charge on any atom is 0.278 e. The molecular formula is C21H19N5O2. The first kappa shape index (κ1) is 17.7. The van der Waals surface area contributed by atoms with E-state index < -0.39 is 0 Å². The minimum atomic E-state index is -0.365. The summed E-state index contributed by atoms with van der Waals surface area (Å²) in [5, 5.41) is 15.7. The van der Waals surface area contributed by atoms with E-state index in [1.54, 1.807) is 29.8 Å². The van der Waals surface area contributed by atoms with E-state index in [0.717, 1.165) is 11.1 Å². The van der Waals surface area contributed by atoms with Crippen LogP contribution in [0.4, 0.5) is 5.69 Å². The van der Waals surface area contributed by atoms with Crippen LogP contribution in [0.5, 0.6) is 5.75 Å². The zero-order valence-electron chi connectivity index (χ0n) is 15.6. The van der Waals surface area contributed by atoms with Crippen molar-refractivity contribution in [1.82, 2.24) is 19.8 Å². The van der Waals surface area contributed by atoms with E-state index in [9.17, 15) is 4.79 Å². The van der Waals surface area contributed by atoms with Gasteiger partial charge in [0, 0.05) is 5.56 Å². The number of nitrogens with zero attached hydrogens (tertiary/aromatic N) is 4. The highest BCUT2D eigenvalue weighted by Crippen LogP contribution is 2.26. The predicted molar refractivity (Wildman–Crippen MR) is 107 cm³/mol. The molecule has 0 atom stereocenters. The number of fused-ring (bicyclic) bond motifs is 1. The first-order valence-corrected chi connectivity index (χ1v) is 8.98. The van der Waals surface area contributed by atoms with E-state index in [0.29, 0.717) is 29.4 Å². The Hall–Kier alpha value is -3.74. The Bertz CT molecular complexity index is 1140. The highest BCUT2D eigenvalue weighted by molar-refractivity contribution is 6.04. The lowest BCUT2D eigenvalue weighted by Crippen LogP contribution is -2.19. The minimum Gasteiger partial charge on any atom is -0.492 e. The van der Waals surface area contributed by atoms with Gasteiger partial charge in [0.25, 0.3) is 5.91 Å². The zero-order chi connectivity index (χ0) is 19.5. The normalized spacial score (nSPS) is 10.8. The van der Waals surface area contributed by atoms with E-state index in [2.05, 4.69) is 20.6 Å². The molecule has 0 unspecified atom stereocenters. The number of ether oxygens (including phenoxy) is 1. The molecule has 0 aliphatic carbocycles. The molecule has 4 rings (SSSR count). The van der Waals surface area contributed by atoms with Crippen LogP contribution in [0.25, 0.3) is 16.8 Å². The van der Waals surface area contributed by atoms with Crippen LogP contribution in [0.2, 0.25) is 0 Å². The Morgan fingerprint density at radius 2 is 1.82 bits per heavy atom. The lowest BCUT2D eigenvalue weighted by molar-refractivity contribution is 0.101. The molecule has 2 aromatic heterocycles. The Morgan fingerprint density at radius 3 is 2.61 bits per heavy atom. The van der Waals surface area contributed by atoms with Gasteiger partial charge in [-0.2, -0.15) is 5.10 Å². The van der Waals surface area contributed by atoms with Gasteiger partial charge in [0.1, 0.15) is 5.75 Å². The topological polar surface area (TPSA) is 81.4 Å². The van der Waals surface area contributed by atoms with Crippen molar-refractivity contribution in [2.75, 3.05) is 11.9 Å². The maximum absolute atomic E-state index is 12.8. The van der Waals surface area contributed by atoms with Crippen LogP contribution in [0.1, 0.15) is 23.1 Å². The number of benzene rings is 2. The molecule has 7 nitrogen and oxygen atoms in total. The van der Waals surface area contributed by atoms with Crippen LogP contribution < -0.4 is 10.1 Å². The molecule has 28 heavy (non-hydrogen) atoms. The number of hydrogen-bond acceptors (Lipinski definition) is 5. The number of para-hydroxylation sites is 2. The highest BCUT2D eigenvalue weighted by Gasteiger charge is 2.19. The van der Waals surface area contributed by atoms with Crippen LogP contribution in [-0.2, 0) is 0 Å². The fourth-order valence-electron chi connectivity index (χ4n) is 3.02. The molecule has 1 N–H and O–H groups in total. The van der Waals surface area contributed by atoms with Crippen molar-refractivity contribution in [3.05, 3.63) is 72.2 Å². The van der Waals surface area contributed by atoms with Crippen LogP contribution in [0.15, 0.2) is 60.8 Å². The summed E-state index contributed by atoms with van der Waals surface area (Å²) in [6.45, 7) is 4.20. The summed E-state index contributed by atoms with van der Waals surface area (Å²) in [5.74, 6) is 0.242. The summed E-state index contributed by atoms with van der Waals surface area (Å²) in [6, 6.07) is 17.1. The predicted octanol–water partition coefficient (Wildman–Crippen LogP) is 3.75. The maximum atomic E-state index is 12.8. The number of carbonyl (C=O) groups is 1. The molecule has 0 fully saturated rings. The number of nitrogens with one attached hydrogen (secondary N) is 1. The van der Waals surface area contributed by atoms with Crippen molar-refractivity contribution < 1.29 is 9.53 Å². The quantitative estimate of drug-likeness (QED) is 0.576. The average Bonchev–Trinajstić information content (AvgIpc) is 3.15. The number of aryl methyl sites for hydroxylation is 1. The van der Waals surface area contributed by atoms with Crippen LogP contribution >= 0.6 is 0 Å². The summed E-state index contributed by atoms with van der Waals surface area (Å²) in [4.78, 5) is 12.8. The third-order valence-corrected chi connectivity index (χ3v) is 4.38. The highest BCUT2D eigenvalue weighted by atomic mass is 16.5. The standard InChI is InChI=1S/C21H19N5O2/c1-3-28-18-12-8-7-11-17(18)23-21(27)19-14(2)26-20(25-24-19)16(13-22-26)15-9-5-4-6-10-15/h4-13H,3H2,1-2H3,(H,23,27). The number of hydrogen-bond donors (Lipinski definition) is 1. The van der Waals surface area contributed by atoms with Gasteiger partial charge in [0.15, 0.2) is 11.3 Å². The number of amides is 1. The molecule has 1 amide bonds. The fourth-order valence-corrected chi connectivity index (χ4v) is 3.02. The molecule has 2 heterocycles. The third-order valence-electron chi connectivity index (χ3n) is 4.38. The Balaban J connectivity index is 1.68. The smallest absolute Gasteiger partial charge is 0.278 e. The van der Waals surface area contributed by atoms with Gasteiger partial charge < -0.3 is 10.1 Å². The molecule has 0 bridgehead atoms. The summed E-state index contributed by atoms with van der Waals surface area (Å²) >= 11 is 0. The van der Waals surface area contributed by atoms with E-state index in [1.165, 1.54) is 0 Å². The first-order valence-electron chi connectivity index (χ1n) is 8.98. The molecule has 0 saturated carbocycles. The van der Waals surface area contributed by atoms with Crippen molar-refractivity contribution in [3.63, 3.8) is 0 Å². The van der Waals surface area contributed by atoms with Gasteiger partial charge in [-0.05, 0) is 31.5 Å². The van der Waals surface area contributed by atoms with Gasteiger partial charge in [0.05, 0.1) is 24.2 Å². The summed E-state index contributed by atoms with van der Waals surface area (Å²) in [7, 11) is 0. The van der Waals surface area contributed by atoms with Crippen molar-refractivity contribution >= 4 is 17.2 Å². The number of anilines is 1. The molecule has 0 aliphatic heterocycles. The summed E-state index contributed by atoms with van der Waals surface area (Å²) < 4.78 is 7.20. The molecule has 4 aromatic rings. The van der Waals surface area contributed by atoms with Crippen molar-refractivity contribution in [2.45, 2.75) is 13.8 Å². The van der Waals surface area contributed by atoms with Gasteiger partial charge in [-0.1, -0.05) is 42.5 Å². The van der Waals surface area contributed by atoms with Gasteiger partial charge in [0.2, 0.25) is 0 Å². The van der Waals surface area contributed by atoms with Crippen LogP contribution in [-0.4, -0.2) is 32.3 Å². The molecule has 0 aliphatic rings. The average molecular weight is 373 g/mol. The summed E-state index contributed by atoms with van der Waals surface area (Å²) in [5.41, 5.74) is 3.87. The second kappa shape index (κ2) is 7.48. The largest absolute Gasteiger partial charge is 0.492 e. The number of carbonyl (C=O) groups excluding carboxylic acids is 1. The molecule has 140 valence electrons. The molecule has 0 saturated heterocycles. The van der Waals surface area contributed by atoms with E-state index in [-0.39, 0.29) is 11.6 Å². The molecular weight excluding hydrogens is 354 g/mol. The molecule has 2 aromatic carbocycles. The van der Waals surface area contributed by atoms with E-state index in [1.807, 2.05) is 49.4 Å². The second-order valence-corrected chi connectivity index (χ2v) is 6.18. The van der Waals surface area contributed by atoms with Crippen LogP contribution in [0.3, 0.4) is 0 Å². The number of aromatic nitrogens is 4. The minimum absolute atomic E-state index is 0.210. The monoisotopic (exact) mass is 373 g/mol. The SMILES string of the molecule is CCOc1ccccc1NC(=O)c1nnc2c(-c3ccccc3)cnn2c1C. The van der Waals surface area contributed by atoms with E-state index in [4.69, 9.17) is 4.74 Å². The lowest BCUT2D eigenvalue weighted by Gasteiger charge is -2.12. The van der Waals surface area contributed by atoms with Crippen molar-refractivity contribution in [3.8, 4) is 16.9 Å². The van der Waals surface area contributed by atoms with Gasteiger partial charge >= 0.3 is 0 Å². The van der Waals surface area contributed by atoms with Crippen LogP contribution in [0, 0.1) is 6.92 Å². The molecule has 7 heteroatoms. The third kappa shape index (κ3) is 3.18. The lowest BCUT2D eigenvalue weighted by atomic mass is 10.1. The van der Waals surface area contributed by atoms with E-state index >= 15 is 0 Å². The zero-order valence-corrected chi connectivity index (χ0v) is 15.6. The first-order chi connectivity index (χ1) is 13.7. The van der Waals surface area contributed by atoms with Gasteiger partial charge in [-0.25, -0.2) is 4.52 Å². The number of rotatable bonds is 5. The van der Waals surface area contributed by atoms with Gasteiger partial charge in [-0.3, -0.25) is 4.79 Å². The Kier molecular flexibility index (Phi) is 4.72. The fraction of sp³-hybridized carbons (Fsp3) is 0.143. The van der Waals surface area contributed by atoms with Crippen molar-refractivity contribution in [2.24, 2.45) is 0 Å². The molecule has 0 spiro atoms. The Morgan fingerprint density at radius 1 is 1.07 bits per heavy atom.